The average Bonchev–Trinajstić information content (AvgIpc) is 2.32. The summed E-state index contributed by atoms with van der Waals surface area (Å²) in [5.41, 5.74) is 0.935. The van der Waals surface area contributed by atoms with Crippen molar-refractivity contribution < 1.29 is 9.47 Å². The van der Waals surface area contributed by atoms with Gasteiger partial charge in [0.25, 0.3) is 0 Å². The maximum atomic E-state index is 5.73. The molecule has 94 valence electrons. The molecule has 1 saturated heterocycles. The predicted molar refractivity (Wildman–Crippen MR) is 68.8 cm³/mol. The highest BCUT2D eigenvalue weighted by Crippen LogP contribution is 2.09. The lowest BCUT2D eigenvalue weighted by molar-refractivity contribution is -0.0719. The Bertz CT molecular complexity index is 345. The van der Waals surface area contributed by atoms with Gasteiger partial charge in [-0.25, -0.2) is 0 Å². The van der Waals surface area contributed by atoms with Gasteiger partial charge in [0.2, 0.25) is 0 Å². The van der Waals surface area contributed by atoms with Gasteiger partial charge in [0.15, 0.2) is 0 Å². The van der Waals surface area contributed by atoms with Gasteiger partial charge < -0.3 is 14.8 Å². The third-order valence-electron chi connectivity index (χ3n) is 2.57. The number of aromatic nitrogens is 1. The second kappa shape index (κ2) is 6.44. The molecule has 2 atom stereocenters. The quantitative estimate of drug-likeness (QED) is 0.920. The summed E-state index contributed by atoms with van der Waals surface area (Å²) in [5.74, 6) is 0. The van der Waals surface area contributed by atoms with Crippen LogP contribution in [0.15, 0.2) is 22.8 Å². The Morgan fingerprint density at radius 3 is 3.12 bits per heavy atom. The monoisotopic (exact) mass is 300 g/mol. The maximum Gasteiger partial charge on any atom is 0.0936 e. The topological polar surface area (TPSA) is 43.4 Å². The molecule has 1 aliphatic heterocycles. The molecule has 0 saturated carbocycles. The summed E-state index contributed by atoms with van der Waals surface area (Å²) in [5, 5.41) is 3.31. The van der Waals surface area contributed by atoms with Crippen LogP contribution < -0.4 is 5.32 Å². The Balaban J connectivity index is 1.70. The predicted octanol–water partition coefficient (Wildman–Crippen LogP) is 1.74. The van der Waals surface area contributed by atoms with Crippen molar-refractivity contribution in [1.82, 2.24) is 10.3 Å². The highest BCUT2D eigenvalue weighted by molar-refractivity contribution is 9.10. The molecule has 0 bridgehead atoms. The number of morpholine rings is 1. The Morgan fingerprint density at radius 2 is 2.41 bits per heavy atom. The van der Waals surface area contributed by atoms with Crippen LogP contribution in [0.4, 0.5) is 0 Å². The number of hydrogen-bond donors (Lipinski definition) is 1. The summed E-state index contributed by atoms with van der Waals surface area (Å²) in [6, 6.07) is 3.92. The first-order valence-corrected chi connectivity index (χ1v) is 6.57. The van der Waals surface area contributed by atoms with Gasteiger partial charge in [0.1, 0.15) is 0 Å². The smallest absolute Gasteiger partial charge is 0.0936 e. The van der Waals surface area contributed by atoms with Gasteiger partial charge in [0.05, 0.1) is 31.1 Å². The van der Waals surface area contributed by atoms with Gasteiger partial charge in [-0.1, -0.05) is 0 Å². The van der Waals surface area contributed by atoms with Crippen molar-refractivity contribution in [2.45, 2.75) is 25.7 Å². The zero-order valence-corrected chi connectivity index (χ0v) is 11.4. The van der Waals surface area contributed by atoms with E-state index in [4.69, 9.17) is 9.47 Å². The van der Waals surface area contributed by atoms with E-state index in [9.17, 15) is 0 Å². The number of nitrogens with one attached hydrogen (secondary N) is 1. The lowest BCUT2D eigenvalue weighted by Gasteiger charge is -2.28. The van der Waals surface area contributed by atoms with Crippen LogP contribution in [0.25, 0.3) is 0 Å². The third kappa shape index (κ3) is 4.35. The van der Waals surface area contributed by atoms with Crippen molar-refractivity contribution in [2.75, 3.05) is 19.7 Å². The van der Waals surface area contributed by atoms with E-state index in [1.165, 1.54) is 0 Å². The molecule has 1 N–H and O–H groups in total. The summed E-state index contributed by atoms with van der Waals surface area (Å²) in [6.07, 6.45) is 2.19. The number of hydrogen-bond acceptors (Lipinski definition) is 4. The van der Waals surface area contributed by atoms with Gasteiger partial charge in [-0.15, -0.1) is 0 Å². The summed E-state index contributed by atoms with van der Waals surface area (Å²) in [4.78, 5) is 4.25. The van der Waals surface area contributed by atoms with Crippen LogP contribution in [0.1, 0.15) is 12.6 Å². The summed E-state index contributed by atoms with van der Waals surface area (Å²) in [6.45, 7) is 4.98. The Hall–Kier alpha value is -0.490. The van der Waals surface area contributed by atoms with Crippen LogP contribution >= 0.6 is 15.9 Å². The number of pyridine rings is 1. The van der Waals surface area contributed by atoms with Crippen LogP contribution in [0.5, 0.6) is 0 Å². The van der Waals surface area contributed by atoms with E-state index in [-0.39, 0.29) is 12.2 Å². The van der Waals surface area contributed by atoms with E-state index in [0.717, 1.165) is 23.3 Å². The van der Waals surface area contributed by atoms with Gasteiger partial charge in [-0.2, -0.15) is 0 Å². The van der Waals surface area contributed by atoms with Crippen molar-refractivity contribution in [1.29, 1.82) is 0 Å². The zero-order chi connectivity index (χ0) is 12.1. The van der Waals surface area contributed by atoms with Crippen LogP contribution in [0.2, 0.25) is 0 Å². The number of halogens is 1. The lowest BCUT2D eigenvalue weighted by atomic mass is 10.2. The normalized spacial score (nSPS) is 24.8. The summed E-state index contributed by atoms with van der Waals surface area (Å²) >= 11 is 3.35. The molecule has 0 aromatic carbocycles. The third-order valence-corrected chi connectivity index (χ3v) is 3.04. The summed E-state index contributed by atoms with van der Waals surface area (Å²) < 4.78 is 12.3. The fourth-order valence-electron chi connectivity index (χ4n) is 1.76. The molecule has 0 aliphatic carbocycles. The summed E-state index contributed by atoms with van der Waals surface area (Å²) in [7, 11) is 0. The molecule has 0 spiro atoms. The minimum Gasteiger partial charge on any atom is -0.372 e. The highest BCUT2D eigenvalue weighted by atomic mass is 79.9. The molecular weight excluding hydrogens is 284 g/mol. The second-order valence-electron chi connectivity index (χ2n) is 4.21. The van der Waals surface area contributed by atoms with Crippen LogP contribution in [0, 0.1) is 0 Å². The molecule has 2 rings (SSSR count). The van der Waals surface area contributed by atoms with E-state index in [0.29, 0.717) is 13.2 Å². The number of ether oxygens (including phenoxy) is 2. The molecule has 1 aromatic heterocycles. The van der Waals surface area contributed by atoms with Gasteiger partial charge in [-0.05, 0) is 35.0 Å². The molecule has 2 unspecified atom stereocenters. The number of rotatable bonds is 4. The zero-order valence-electron chi connectivity index (χ0n) is 9.86. The van der Waals surface area contributed by atoms with Crippen molar-refractivity contribution in [3.05, 3.63) is 28.5 Å². The van der Waals surface area contributed by atoms with Crippen molar-refractivity contribution in [3.8, 4) is 0 Å². The highest BCUT2D eigenvalue weighted by Gasteiger charge is 2.18. The second-order valence-corrected chi connectivity index (χ2v) is 5.13. The SMILES string of the molecule is CC1CNCC(COCc2ccc(Br)cn2)O1. The van der Waals surface area contributed by atoms with Crippen molar-refractivity contribution in [2.24, 2.45) is 0 Å². The fraction of sp³-hybridized carbons (Fsp3) is 0.583. The first-order chi connectivity index (χ1) is 8.24. The van der Waals surface area contributed by atoms with Crippen LogP contribution in [-0.4, -0.2) is 36.9 Å². The average molecular weight is 301 g/mol. The van der Waals surface area contributed by atoms with Crippen molar-refractivity contribution in [3.63, 3.8) is 0 Å². The van der Waals surface area contributed by atoms with E-state index in [1.807, 2.05) is 12.1 Å². The lowest BCUT2D eigenvalue weighted by Crippen LogP contribution is -2.45. The molecule has 4 nitrogen and oxygen atoms in total. The molecular formula is C12H17BrN2O2. The van der Waals surface area contributed by atoms with Crippen LogP contribution in [0.3, 0.4) is 0 Å². The van der Waals surface area contributed by atoms with Gasteiger partial charge in [0, 0.05) is 23.8 Å². The van der Waals surface area contributed by atoms with Crippen LogP contribution in [-0.2, 0) is 16.1 Å². The Kier molecular flexibility index (Phi) is 4.91. The maximum absolute atomic E-state index is 5.73. The molecule has 0 radical (unpaired) electrons. The van der Waals surface area contributed by atoms with E-state index >= 15 is 0 Å². The molecule has 1 fully saturated rings. The molecule has 17 heavy (non-hydrogen) atoms. The van der Waals surface area contributed by atoms with E-state index < -0.39 is 0 Å². The largest absolute Gasteiger partial charge is 0.372 e. The fourth-order valence-corrected chi connectivity index (χ4v) is 1.99. The molecule has 5 heteroatoms. The molecule has 1 aromatic rings. The van der Waals surface area contributed by atoms with Gasteiger partial charge >= 0.3 is 0 Å². The van der Waals surface area contributed by atoms with Gasteiger partial charge in [-0.3, -0.25) is 4.98 Å². The minimum absolute atomic E-state index is 0.147. The first-order valence-electron chi connectivity index (χ1n) is 5.78. The Labute approximate surface area is 110 Å². The first kappa shape index (κ1) is 13.0. The van der Waals surface area contributed by atoms with E-state index in [1.54, 1.807) is 6.20 Å². The number of nitrogens with zero attached hydrogens (tertiary/aromatic N) is 1. The standard InChI is InChI=1S/C12H17BrN2O2/c1-9-4-14-6-12(17-9)8-16-7-11-3-2-10(13)5-15-11/h2-3,5,9,12,14H,4,6-8H2,1H3. The molecule has 0 amide bonds. The molecule has 1 aliphatic rings. The molecule has 2 heterocycles. The minimum atomic E-state index is 0.147. The van der Waals surface area contributed by atoms with E-state index in [2.05, 4.69) is 33.2 Å². The van der Waals surface area contributed by atoms with Crippen molar-refractivity contribution >= 4 is 15.9 Å². The Morgan fingerprint density at radius 1 is 1.53 bits per heavy atom.